The molecule has 0 aliphatic heterocycles. The number of carbonyl (C=O) groups is 1. The number of halogens is 1. The SMILES string of the molecule is O=C(C#Cc1ccc(-c2cccc(F)c2)[nH]1)c1ccco1. The van der Waals surface area contributed by atoms with Crippen LogP contribution in [0.25, 0.3) is 11.3 Å². The van der Waals surface area contributed by atoms with Gasteiger partial charge in [0.1, 0.15) is 5.82 Å². The third kappa shape index (κ3) is 2.93. The van der Waals surface area contributed by atoms with Gasteiger partial charge in [0.15, 0.2) is 5.76 Å². The van der Waals surface area contributed by atoms with Crippen LogP contribution in [0.5, 0.6) is 0 Å². The highest BCUT2D eigenvalue weighted by Crippen LogP contribution is 2.19. The second-order valence-electron chi connectivity index (χ2n) is 4.35. The van der Waals surface area contributed by atoms with Gasteiger partial charge < -0.3 is 9.40 Å². The molecule has 0 saturated heterocycles. The van der Waals surface area contributed by atoms with Crippen molar-refractivity contribution in [3.05, 3.63) is 72.1 Å². The first-order chi connectivity index (χ1) is 10.2. The molecule has 0 fully saturated rings. The van der Waals surface area contributed by atoms with E-state index >= 15 is 0 Å². The van der Waals surface area contributed by atoms with E-state index < -0.39 is 0 Å². The molecule has 0 spiro atoms. The monoisotopic (exact) mass is 279 g/mol. The van der Waals surface area contributed by atoms with Gasteiger partial charge in [0, 0.05) is 11.3 Å². The fourth-order valence-electron chi connectivity index (χ4n) is 1.89. The first kappa shape index (κ1) is 12.9. The van der Waals surface area contributed by atoms with Gasteiger partial charge in [-0.25, -0.2) is 4.39 Å². The van der Waals surface area contributed by atoms with Crippen LogP contribution >= 0.6 is 0 Å². The fourth-order valence-corrected chi connectivity index (χ4v) is 1.89. The van der Waals surface area contributed by atoms with Gasteiger partial charge in [-0.05, 0) is 48.2 Å². The highest BCUT2D eigenvalue weighted by molar-refractivity contribution is 6.07. The predicted molar refractivity (Wildman–Crippen MR) is 76.1 cm³/mol. The standard InChI is InChI=1S/C17H10FNO2/c18-13-4-1-3-12(11-13)15-8-6-14(19-15)7-9-16(20)17-5-2-10-21-17/h1-6,8,10-11,19H. The van der Waals surface area contributed by atoms with E-state index in [1.807, 2.05) is 0 Å². The van der Waals surface area contributed by atoms with Gasteiger partial charge in [0.2, 0.25) is 0 Å². The average molecular weight is 279 g/mol. The summed E-state index contributed by atoms with van der Waals surface area (Å²) in [5.74, 6) is 4.74. The number of H-pyrrole nitrogens is 1. The number of hydrogen-bond acceptors (Lipinski definition) is 2. The molecule has 1 N–H and O–H groups in total. The Kier molecular flexibility index (Phi) is 3.40. The van der Waals surface area contributed by atoms with Gasteiger partial charge >= 0.3 is 0 Å². The van der Waals surface area contributed by atoms with Crippen molar-refractivity contribution >= 4 is 5.78 Å². The lowest BCUT2D eigenvalue weighted by Crippen LogP contribution is -1.91. The summed E-state index contributed by atoms with van der Waals surface area (Å²) in [6.07, 6.45) is 1.42. The average Bonchev–Trinajstić information content (AvgIpc) is 3.16. The van der Waals surface area contributed by atoms with Crippen LogP contribution in [0.3, 0.4) is 0 Å². The number of Topliss-reactive ketones (excluding diaryl/α,β-unsaturated/α-hetero) is 1. The predicted octanol–water partition coefficient (Wildman–Crippen LogP) is 3.65. The third-order valence-corrected chi connectivity index (χ3v) is 2.88. The van der Waals surface area contributed by atoms with Crippen LogP contribution in [-0.4, -0.2) is 10.8 Å². The van der Waals surface area contributed by atoms with Crippen LogP contribution < -0.4 is 0 Å². The maximum atomic E-state index is 13.2. The normalized spacial score (nSPS) is 9.95. The maximum absolute atomic E-state index is 13.2. The number of aromatic nitrogens is 1. The number of nitrogens with one attached hydrogen (secondary N) is 1. The van der Waals surface area contributed by atoms with Crippen LogP contribution in [0.4, 0.5) is 4.39 Å². The van der Waals surface area contributed by atoms with E-state index in [0.29, 0.717) is 5.69 Å². The van der Waals surface area contributed by atoms with Crippen molar-refractivity contribution in [3.63, 3.8) is 0 Å². The lowest BCUT2D eigenvalue weighted by molar-refractivity contribution is 0.103. The Morgan fingerprint density at radius 1 is 1.14 bits per heavy atom. The van der Waals surface area contributed by atoms with Crippen molar-refractivity contribution in [2.24, 2.45) is 0 Å². The minimum Gasteiger partial charge on any atom is -0.460 e. The summed E-state index contributed by atoms with van der Waals surface area (Å²) in [5, 5.41) is 0. The van der Waals surface area contributed by atoms with Crippen molar-refractivity contribution in [2.75, 3.05) is 0 Å². The van der Waals surface area contributed by atoms with Crippen molar-refractivity contribution in [1.29, 1.82) is 0 Å². The lowest BCUT2D eigenvalue weighted by atomic mass is 10.1. The molecule has 0 bridgehead atoms. The molecule has 21 heavy (non-hydrogen) atoms. The molecule has 0 radical (unpaired) electrons. The minimum absolute atomic E-state index is 0.208. The second kappa shape index (κ2) is 5.51. The van der Waals surface area contributed by atoms with Crippen LogP contribution in [0.2, 0.25) is 0 Å². The zero-order valence-corrected chi connectivity index (χ0v) is 10.9. The Hall–Kier alpha value is -3.06. The summed E-state index contributed by atoms with van der Waals surface area (Å²) in [7, 11) is 0. The molecule has 0 atom stereocenters. The number of rotatable bonds is 2. The lowest BCUT2D eigenvalue weighted by Gasteiger charge is -1.97. The molecular weight excluding hydrogens is 269 g/mol. The molecule has 2 heterocycles. The molecule has 0 unspecified atom stereocenters. The van der Waals surface area contributed by atoms with Crippen molar-refractivity contribution in [3.8, 4) is 23.1 Å². The molecule has 3 rings (SSSR count). The molecule has 0 aliphatic rings. The number of aromatic amines is 1. The number of furan rings is 1. The quantitative estimate of drug-likeness (QED) is 0.575. The van der Waals surface area contributed by atoms with Gasteiger partial charge in [0.25, 0.3) is 5.78 Å². The topological polar surface area (TPSA) is 46.0 Å². The Labute approximate surface area is 120 Å². The summed E-state index contributed by atoms with van der Waals surface area (Å²) >= 11 is 0. The Balaban J connectivity index is 1.82. The summed E-state index contributed by atoms with van der Waals surface area (Å²) in [4.78, 5) is 14.7. The van der Waals surface area contributed by atoms with Crippen molar-refractivity contribution < 1.29 is 13.6 Å². The van der Waals surface area contributed by atoms with E-state index in [-0.39, 0.29) is 17.4 Å². The third-order valence-electron chi connectivity index (χ3n) is 2.88. The maximum Gasteiger partial charge on any atom is 0.271 e. The largest absolute Gasteiger partial charge is 0.460 e. The van der Waals surface area contributed by atoms with Crippen LogP contribution in [0.15, 0.2) is 59.2 Å². The molecule has 4 heteroatoms. The van der Waals surface area contributed by atoms with Crippen LogP contribution in [-0.2, 0) is 0 Å². The zero-order chi connectivity index (χ0) is 14.7. The van der Waals surface area contributed by atoms with Crippen molar-refractivity contribution in [1.82, 2.24) is 4.98 Å². The van der Waals surface area contributed by atoms with E-state index in [1.54, 1.807) is 36.4 Å². The Bertz CT molecular complexity index is 835. The van der Waals surface area contributed by atoms with Gasteiger partial charge in [-0.15, -0.1) is 0 Å². The van der Waals surface area contributed by atoms with Crippen molar-refractivity contribution in [2.45, 2.75) is 0 Å². The minimum atomic E-state index is -0.387. The molecule has 102 valence electrons. The van der Waals surface area contributed by atoms with E-state index in [1.165, 1.54) is 18.4 Å². The molecular formula is C17H10FNO2. The van der Waals surface area contributed by atoms with Crippen LogP contribution in [0.1, 0.15) is 16.2 Å². The highest BCUT2D eigenvalue weighted by Gasteiger charge is 2.05. The molecule has 0 saturated carbocycles. The smallest absolute Gasteiger partial charge is 0.271 e. The van der Waals surface area contributed by atoms with Gasteiger partial charge in [-0.1, -0.05) is 12.1 Å². The Morgan fingerprint density at radius 2 is 2.05 bits per heavy atom. The summed E-state index contributed by atoms with van der Waals surface area (Å²) in [5.41, 5.74) is 2.04. The van der Waals surface area contributed by atoms with Gasteiger partial charge in [0.05, 0.1) is 12.0 Å². The fraction of sp³-hybridized carbons (Fsp3) is 0. The van der Waals surface area contributed by atoms with Crippen LogP contribution in [0, 0.1) is 17.7 Å². The number of ketones is 1. The molecule has 3 nitrogen and oxygen atoms in total. The first-order valence-corrected chi connectivity index (χ1v) is 6.27. The number of hydrogen-bond donors (Lipinski definition) is 1. The first-order valence-electron chi connectivity index (χ1n) is 6.27. The summed E-state index contributed by atoms with van der Waals surface area (Å²) in [6, 6.07) is 13.0. The van der Waals surface area contributed by atoms with E-state index in [0.717, 1.165) is 11.3 Å². The highest BCUT2D eigenvalue weighted by atomic mass is 19.1. The van der Waals surface area contributed by atoms with E-state index in [2.05, 4.69) is 16.8 Å². The molecule has 0 amide bonds. The van der Waals surface area contributed by atoms with E-state index in [4.69, 9.17) is 4.42 Å². The summed E-state index contributed by atoms with van der Waals surface area (Å²) < 4.78 is 18.1. The number of benzene rings is 1. The second-order valence-corrected chi connectivity index (χ2v) is 4.35. The zero-order valence-electron chi connectivity index (χ0n) is 10.9. The molecule has 3 aromatic rings. The van der Waals surface area contributed by atoms with Gasteiger partial charge in [-0.2, -0.15) is 0 Å². The molecule has 0 aliphatic carbocycles. The number of carbonyl (C=O) groups excluding carboxylic acids is 1. The summed E-state index contributed by atoms with van der Waals surface area (Å²) in [6.45, 7) is 0. The molecule has 1 aromatic carbocycles. The Morgan fingerprint density at radius 3 is 2.81 bits per heavy atom. The van der Waals surface area contributed by atoms with E-state index in [9.17, 15) is 9.18 Å². The van der Waals surface area contributed by atoms with Gasteiger partial charge in [-0.3, -0.25) is 4.79 Å². The molecule has 2 aromatic heterocycles.